The molecule has 2 aliphatic rings. The number of nitrogens with zero attached hydrogens (tertiary/aromatic N) is 4. The lowest BCUT2D eigenvalue weighted by Crippen LogP contribution is -2.34. The van der Waals surface area contributed by atoms with E-state index in [-0.39, 0.29) is 23.9 Å². The minimum Gasteiger partial charge on any atom is -0.466 e. The Hall–Kier alpha value is -3.19. The van der Waals surface area contributed by atoms with Crippen molar-refractivity contribution in [3.8, 4) is 11.8 Å². The van der Waals surface area contributed by atoms with Gasteiger partial charge in [0.15, 0.2) is 11.5 Å². The minimum atomic E-state index is -0.482. The number of esters is 1. The molecule has 10 heteroatoms. The van der Waals surface area contributed by atoms with Crippen LogP contribution in [-0.4, -0.2) is 50.7 Å². The molecule has 0 radical (unpaired) electrons. The number of nitrogens with two attached hydrogens (primary N) is 1. The van der Waals surface area contributed by atoms with Crippen LogP contribution in [0, 0.1) is 23.7 Å². The van der Waals surface area contributed by atoms with Crippen molar-refractivity contribution in [2.24, 2.45) is 11.8 Å². The Bertz CT molecular complexity index is 1100. The highest BCUT2D eigenvalue weighted by atomic mass is 16.5. The standard InChI is InChI=1S/C24H32N6O4/c1-3-26-24(32)18-11-12-20(34-18)30-14-27-21-22(25)28-19(29-23(21)30)6-4-5-16-7-9-17(10-8-16)13-33-15(2)31/h14,16-18,20H,3,5,7-13H2,1-2H3,(H,26,32)(H2,25,28,29)/t16?,17?,18-,20+/m0/s1. The molecule has 182 valence electrons. The molecule has 0 unspecified atom stereocenters. The van der Waals surface area contributed by atoms with Gasteiger partial charge in [-0.05, 0) is 63.2 Å². The zero-order valence-electron chi connectivity index (χ0n) is 19.7. The summed E-state index contributed by atoms with van der Waals surface area (Å²) in [5.74, 6) is 7.56. The second-order valence-corrected chi connectivity index (χ2v) is 9.00. The van der Waals surface area contributed by atoms with E-state index in [0.29, 0.717) is 54.8 Å². The van der Waals surface area contributed by atoms with Gasteiger partial charge < -0.3 is 20.5 Å². The number of fused-ring (bicyclic) bond motifs is 1. The number of carbonyl (C=O) groups excluding carboxylic acids is 2. The number of anilines is 1. The summed E-state index contributed by atoms with van der Waals surface area (Å²) >= 11 is 0. The average Bonchev–Trinajstić information content (AvgIpc) is 3.46. The first-order chi connectivity index (χ1) is 16.4. The first-order valence-electron chi connectivity index (χ1n) is 12.0. The third kappa shape index (κ3) is 5.65. The van der Waals surface area contributed by atoms with E-state index < -0.39 is 6.10 Å². The van der Waals surface area contributed by atoms with E-state index in [1.54, 1.807) is 6.33 Å². The highest BCUT2D eigenvalue weighted by molar-refractivity contribution is 5.82. The van der Waals surface area contributed by atoms with Gasteiger partial charge in [-0.1, -0.05) is 5.92 Å². The Kier molecular flexibility index (Phi) is 7.63. The zero-order valence-corrected chi connectivity index (χ0v) is 19.7. The number of likely N-dealkylation sites (N-methyl/N-ethyl adjacent to an activating group) is 1. The molecule has 1 aliphatic heterocycles. The maximum Gasteiger partial charge on any atom is 0.302 e. The van der Waals surface area contributed by atoms with Crippen LogP contribution in [0.3, 0.4) is 0 Å². The molecule has 3 heterocycles. The Balaban J connectivity index is 1.39. The van der Waals surface area contributed by atoms with E-state index in [4.69, 9.17) is 15.2 Å². The van der Waals surface area contributed by atoms with Crippen LogP contribution < -0.4 is 11.1 Å². The highest BCUT2D eigenvalue weighted by Gasteiger charge is 2.32. The predicted molar refractivity (Wildman–Crippen MR) is 125 cm³/mol. The molecule has 1 amide bonds. The SMILES string of the molecule is CCNC(=O)[C@@H]1CC[C@H](n2cnc3c(N)nc(C#CCC4CCC(COC(C)=O)CC4)nc32)O1. The average molecular weight is 469 g/mol. The number of nitrogen functional groups attached to an aromatic ring is 1. The van der Waals surface area contributed by atoms with E-state index >= 15 is 0 Å². The topological polar surface area (TPSA) is 134 Å². The van der Waals surface area contributed by atoms with Gasteiger partial charge in [0.25, 0.3) is 0 Å². The van der Waals surface area contributed by atoms with Crippen molar-refractivity contribution in [3.63, 3.8) is 0 Å². The molecule has 2 atom stereocenters. The number of hydrogen-bond acceptors (Lipinski definition) is 8. The van der Waals surface area contributed by atoms with E-state index in [9.17, 15) is 9.59 Å². The molecular weight excluding hydrogens is 436 g/mol. The molecule has 1 saturated heterocycles. The Morgan fingerprint density at radius 3 is 2.71 bits per heavy atom. The van der Waals surface area contributed by atoms with Gasteiger partial charge in [-0.2, -0.15) is 0 Å². The fourth-order valence-electron chi connectivity index (χ4n) is 4.62. The summed E-state index contributed by atoms with van der Waals surface area (Å²) in [5, 5.41) is 2.80. The largest absolute Gasteiger partial charge is 0.466 e. The second-order valence-electron chi connectivity index (χ2n) is 9.00. The van der Waals surface area contributed by atoms with Crippen molar-refractivity contribution >= 4 is 28.9 Å². The first-order valence-corrected chi connectivity index (χ1v) is 12.0. The van der Waals surface area contributed by atoms with Gasteiger partial charge in [-0.25, -0.2) is 15.0 Å². The van der Waals surface area contributed by atoms with Crippen LogP contribution in [0.5, 0.6) is 0 Å². The van der Waals surface area contributed by atoms with Crippen LogP contribution in [0.4, 0.5) is 5.82 Å². The summed E-state index contributed by atoms with van der Waals surface area (Å²) in [4.78, 5) is 36.3. The minimum absolute atomic E-state index is 0.101. The third-order valence-electron chi connectivity index (χ3n) is 6.48. The summed E-state index contributed by atoms with van der Waals surface area (Å²) in [6.45, 7) is 4.42. The van der Waals surface area contributed by atoms with Gasteiger partial charge in [0, 0.05) is 19.9 Å². The van der Waals surface area contributed by atoms with Gasteiger partial charge in [-0.15, -0.1) is 0 Å². The lowest BCUT2D eigenvalue weighted by molar-refractivity contribution is -0.142. The number of ether oxygens (including phenoxy) is 2. The van der Waals surface area contributed by atoms with Crippen LogP contribution in [0.15, 0.2) is 6.33 Å². The molecular formula is C24H32N6O4. The molecule has 2 aromatic heterocycles. The van der Waals surface area contributed by atoms with Gasteiger partial charge in [0.2, 0.25) is 11.7 Å². The van der Waals surface area contributed by atoms with Crippen molar-refractivity contribution in [3.05, 3.63) is 12.2 Å². The highest BCUT2D eigenvalue weighted by Crippen LogP contribution is 2.32. The number of nitrogens with one attached hydrogen (secondary N) is 1. The fourth-order valence-corrected chi connectivity index (χ4v) is 4.62. The predicted octanol–water partition coefficient (Wildman–Crippen LogP) is 2.33. The van der Waals surface area contributed by atoms with Crippen molar-refractivity contribution in [2.75, 3.05) is 18.9 Å². The number of rotatable bonds is 6. The monoisotopic (exact) mass is 468 g/mol. The molecule has 0 bridgehead atoms. The smallest absolute Gasteiger partial charge is 0.302 e. The van der Waals surface area contributed by atoms with Crippen LogP contribution in [0.2, 0.25) is 0 Å². The molecule has 3 N–H and O–H groups in total. The van der Waals surface area contributed by atoms with Crippen LogP contribution >= 0.6 is 0 Å². The third-order valence-corrected chi connectivity index (χ3v) is 6.48. The lowest BCUT2D eigenvalue weighted by Gasteiger charge is -2.26. The van der Waals surface area contributed by atoms with Crippen molar-refractivity contribution in [1.82, 2.24) is 24.8 Å². The first kappa shape index (κ1) is 24.0. The van der Waals surface area contributed by atoms with Gasteiger partial charge in [0.05, 0.1) is 12.9 Å². The zero-order chi connectivity index (χ0) is 24.1. The fraction of sp³-hybridized carbons (Fsp3) is 0.625. The van der Waals surface area contributed by atoms with Crippen molar-refractivity contribution < 1.29 is 19.1 Å². The summed E-state index contributed by atoms with van der Waals surface area (Å²) in [6, 6.07) is 0. The van der Waals surface area contributed by atoms with Crippen LogP contribution in [0.1, 0.15) is 70.8 Å². The van der Waals surface area contributed by atoms with Crippen LogP contribution in [-0.2, 0) is 19.1 Å². The summed E-state index contributed by atoms with van der Waals surface area (Å²) in [5.41, 5.74) is 7.19. The number of hydrogen-bond donors (Lipinski definition) is 2. The summed E-state index contributed by atoms with van der Waals surface area (Å²) in [6.07, 6.45) is 7.12. The quantitative estimate of drug-likeness (QED) is 0.487. The molecule has 1 saturated carbocycles. The number of carbonyl (C=O) groups is 2. The maximum absolute atomic E-state index is 12.1. The molecule has 4 rings (SSSR count). The van der Waals surface area contributed by atoms with Crippen molar-refractivity contribution in [2.45, 2.75) is 71.1 Å². The van der Waals surface area contributed by atoms with Gasteiger partial charge in [0.1, 0.15) is 17.8 Å². The Labute approximate surface area is 199 Å². The van der Waals surface area contributed by atoms with Gasteiger partial charge >= 0.3 is 5.97 Å². The van der Waals surface area contributed by atoms with E-state index in [1.807, 2.05) is 11.5 Å². The lowest BCUT2D eigenvalue weighted by atomic mass is 9.81. The van der Waals surface area contributed by atoms with E-state index in [0.717, 1.165) is 32.1 Å². The van der Waals surface area contributed by atoms with E-state index in [1.165, 1.54) is 6.92 Å². The molecule has 2 fully saturated rings. The molecule has 0 spiro atoms. The normalized spacial score (nSPS) is 24.4. The number of imidazole rings is 1. The van der Waals surface area contributed by atoms with Gasteiger partial charge in [-0.3, -0.25) is 14.2 Å². The molecule has 10 nitrogen and oxygen atoms in total. The van der Waals surface area contributed by atoms with Crippen molar-refractivity contribution in [1.29, 1.82) is 0 Å². The number of aromatic nitrogens is 4. The maximum atomic E-state index is 12.1. The Morgan fingerprint density at radius 2 is 1.97 bits per heavy atom. The Morgan fingerprint density at radius 1 is 1.21 bits per heavy atom. The summed E-state index contributed by atoms with van der Waals surface area (Å²) in [7, 11) is 0. The number of amides is 1. The van der Waals surface area contributed by atoms with E-state index in [2.05, 4.69) is 32.1 Å². The summed E-state index contributed by atoms with van der Waals surface area (Å²) < 4.78 is 12.9. The molecule has 0 aromatic carbocycles. The molecule has 2 aromatic rings. The molecule has 34 heavy (non-hydrogen) atoms. The molecule has 1 aliphatic carbocycles. The second kappa shape index (κ2) is 10.8. The van der Waals surface area contributed by atoms with Crippen LogP contribution in [0.25, 0.3) is 11.2 Å².